The lowest BCUT2D eigenvalue weighted by molar-refractivity contribution is 0.208. The monoisotopic (exact) mass is 365 g/mol. The van der Waals surface area contributed by atoms with Crippen molar-refractivity contribution in [2.45, 2.75) is 6.92 Å². The molecule has 3 rings (SSSR count). The van der Waals surface area contributed by atoms with Gasteiger partial charge in [-0.25, -0.2) is 13.6 Å². The first kappa shape index (κ1) is 17.5. The summed E-state index contributed by atoms with van der Waals surface area (Å²) in [6, 6.07) is 9.00. The predicted molar refractivity (Wildman–Crippen MR) is 95.4 cm³/mol. The molecule has 1 N–H and O–H groups in total. The molecule has 1 fully saturated rings. The molecular weight excluding hydrogens is 348 g/mol. The van der Waals surface area contributed by atoms with Crippen molar-refractivity contribution in [3.8, 4) is 0 Å². The SMILES string of the molecule is Cc1c(Cl)cccc1NC(=O)N1CCN(c2ccc(F)c(F)c2)CC1. The van der Waals surface area contributed by atoms with Crippen molar-refractivity contribution < 1.29 is 13.6 Å². The maximum Gasteiger partial charge on any atom is 0.321 e. The van der Waals surface area contributed by atoms with Gasteiger partial charge in [0.2, 0.25) is 0 Å². The Morgan fingerprint density at radius 2 is 1.80 bits per heavy atom. The fourth-order valence-electron chi connectivity index (χ4n) is 2.79. The number of carbonyl (C=O) groups is 1. The van der Waals surface area contributed by atoms with Gasteiger partial charge in [0, 0.05) is 48.6 Å². The third-order valence-corrected chi connectivity index (χ3v) is 4.75. The topological polar surface area (TPSA) is 35.6 Å². The molecule has 7 heteroatoms. The summed E-state index contributed by atoms with van der Waals surface area (Å²) in [5.74, 6) is -1.73. The van der Waals surface area contributed by atoms with Crippen LogP contribution in [0.1, 0.15) is 5.56 Å². The lowest BCUT2D eigenvalue weighted by Crippen LogP contribution is -2.50. The van der Waals surface area contributed by atoms with Crippen LogP contribution in [0, 0.1) is 18.6 Å². The smallest absolute Gasteiger partial charge is 0.321 e. The van der Waals surface area contributed by atoms with Crippen LogP contribution in [0.5, 0.6) is 0 Å². The third-order valence-electron chi connectivity index (χ3n) is 4.34. The van der Waals surface area contributed by atoms with Gasteiger partial charge in [0.1, 0.15) is 0 Å². The number of hydrogen-bond acceptors (Lipinski definition) is 2. The van der Waals surface area contributed by atoms with Crippen molar-refractivity contribution in [2.24, 2.45) is 0 Å². The average molecular weight is 366 g/mol. The lowest BCUT2D eigenvalue weighted by Gasteiger charge is -2.36. The third kappa shape index (κ3) is 3.85. The van der Waals surface area contributed by atoms with Gasteiger partial charge < -0.3 is 15.1 Å². The van der Waals surface area contributed by atoms with E-state index in [2.05, 4.69) is 5.32 Å². The molecule has 4 nitrogen and oxygen atoms in total. The van der Waals surface area contributed by atoms with Crippen LogP contribution < -0.4 is 10.2 Å². The van der Waals surface area contributed by atoms with Crippen LogP contribution >= 0.6 is 11.6 Å². The van der Waals surface area contributed by atoms with Crippen molar-refractivity contribution in [1.29, 1.82) is 0 Å². The molecule has 1 aliphatic rings. The fraction of sp³-hybridized carbons (Fsp3) is 0.278. The lowest BCUT2D eigenvalue weighted by atomic mass is 10.2. The van der Waals surface area contributed by atoms with Gasteiger partial charge in [-0.3, -0.25) is 0 Å². The van der Waals surface area contributed by atoms with Crippen LogP contribution in [0.25, 0.3) is 0 Å². The molecule has 2 amide bonds. The number of piperazine rings is 1. The minimum absolute atomic E-state index is 0.199. The highest BCUT2D eigenvalue weighted by molar-refractivity contribution is 6.31. The van der Waals surface area contributed by atoms with Crippen molar-refractivity contribution in [1.82, 2.24) is 4.90 Å². The molecule has 0 aromatic heterocycles. The maximum atomic E-state index is 13.4. The van der Waals surface area contributed by atoms with Crippen molar-refractivity contribution >= 4 is 29.0 Å². The van der Waals surface area contributed by atoms with Crippen molar-refractivity contribution in [2.75, 3.05) is 36.4 Å². The molecule has 2 aromatic carbocycles. The highest BCUT2D eigenvalue weighted by Gasteiger charge is 2.22. The summed E-state index contributed by atoms with van der Waals surface area (Å²) in [5.41, 5.74) is 2.11. The Bertz CT molecular complexity index is 792. The fourth-order valence-corrected chi connectivity index (χ4v) is 2.96. The van der Waals surface area contributed by atoms with E-state index in [1.54, 1.807) is 29.2 Å². The predicted octanol–water partition coefficient (Wildman–Crippen LogP) is 4.28. The molecule has 0 bridgehead atoms. The highest BCUT2D eigenvalue weighted by atomic mass is 35.5. The Morgan fingerprint density at radius 3 is 2.48 bits per heavy atom. The second-order valence-electron chi connectivity index (χ2n) is 5.92. The van der Waals surface area contributed by atoms with Crippen molar-refractivity contribution in [3.05, 3.63) is 58.6 Å². The van der Waals surface area contributed by atoms with Crippen LogP contribution in [0.3, 0.4) is 0 Å². The van der Waals surface area contributed by atoms with E-state index in [9.17, 15) is 13.6 Å². The van der Waals surface area contributed by atoms with E-state index >= 15 is 0 Å². The summed E-state index contributed by atoms with van der Waals surface area (Å²) in [6.07, 6.45) is 0. The van der Waals surface area contributed by atoms with E-state index in [-0.39, 0.29) is 6.03 Å². The first-order valence-corrected chi connectivity index (χ1v) is 8.34. The molecule has 0 unspecified atom stereocenters. The Hall–Kier alpha value is -2.34. The van der Waals surface area contributed by atoms with Gasteiger partial charge in [0.15, 0.2) is 11.6 Å². The molecule has 1 heterocycles. The van der Waals surface area contributed by atoms with Crippen LogP contribution in [0.2, 0.25) is 5.02 Å². The van der Waals surface area contributed by atoms with E-state index in [1.807, 2.05) is 11.8 Å². The molecule has 1 saturated heterocycles. The molecule has 1 aliphatic heterocycles. The zero-order chi connectivity index (χ0) is 18.0. The van der Waals surface area contributed by atoms with Gasteiger partial charge >= 0.3 is 6.03 Å². The zero-order valence-corrected chi connectivity index (χ0v) is 14.5. The molecule has 0 spiro atoms. The van der Waals surface area contributed by atoms with Gasteiger partial charge in [0.25, 0.3) is 0 Å². The minimum Gasteiger partial charge on any atom is -0.368 e. The van der Waals surface area contributed by atoms with Crippen LogP contribution in [0.4, 0.5) is 25.0 Å². The minimum atomic E-state index is -0.867. The van der Waals surface area contributed by atoms with Crippen LogP contribution in [-0.2, 0) is 0 Å². The molecule has 2 aromatic rings. The molecular formula is C18H18ClF2N3O. The first-order valence-electron chi connectivity index (χ1n) is 7.97. The molecule has 132 valence electrons. The van der Waals surface area contributed by atoms with E-state index in [0.29, 0.717) is 42.6 Å². The van der Waals surface area contributed by atoms with Gasteiger partial charge in [-0.1, -0.05) is 17.7 Å². The molecule has 0 radical (unpaired) electrons. The summed E-state index contributed by atoms with van der Waals surface area (Å²) in [7, 11) is 0. The Morgan fingerprint density at radius 1 is 1.08 bits per heavy atom. The first-order chi connectivity index (χ1) is 12.0. The second kappa shape index (κ2) is 7.27. The standard InChI is InChI=1S/C18H18ClF2N3O/c1-12-14(19)3-2-4-17(12)22-18(25)24-9-7-23(8-10-24)13-5-6-15(20)16(21)11-13/h2-6,11H,7-10H2,1H3,(H,22,25). The van der Waals surface area contributed by atoms with E-state index in [1.165, 1.54) is 6.07 Å². The van der Waals surface area contributed by atoms with Crippen LogP contribution in [0.15, 0.2) is 36.4 Å². The number of anilines is 2. The largest absolute Gasteiger partial charge is 0.368 e. The second-order valence-corrected chi connectivity index (χ2v) is 6.32. The maximum absolute atomic E-state index is 13.4. The van der Waals surface area contributed by atoms with Gasteiger partial charge in [-0.15, -0.1) is 0 Å². The van der Waals surface area contributed by atoms with Gasteiger partial charge in [-0.2, -0.15) is 0 Å². The molecule has 0 saturated carbocycles. The number of urea groups is 1. The summed E-state index contributed by atoms with van der Waals surface area (Å²) in [5, 5.41) is 3.46. The normalized spacial score (nSPS) is 14.6. The Labute approximate surface area is 150 Å². The number of amides is 2. The zero-order valence-electron chi connectivity index (χ0n) is 13.7. The summed E-state index contributed by atoms with van der Waals surface area (Å²) in [4.78, 5) is 16.0. The molecule has 0 atom stereocenters. The Kier molecular flexibility index (Phi) is 5.08. The number of hydrogen-bond donors (Lipinski definition) is 1. The number of carbonyl (C=O) groups excluding carboxylic acids is 1. The number of nitrogens with one attached hydrogen (secondary N) is 1. The van der Waals surface area contributed by atoms with E-state index < -0.39 is 11.6 Å². The number of benzene rings is 2. The Balaban J connectivity index is 1.60. The summed E-state index contributed by atoms with van der Waals surface area (Å²) in [6.45, 7) is 3.92. The summed E-state index contributed by atoms with van der Waals surface area (Å²) < 4.78 is 26.4. The van der Waals surface area contributed by atoms with Gasteiger partial charge in [-0.05, 0) is 36.8 Å². The number of rotatable bonds is 2. The molecule has 25 heavy (non-hydrogen) atoms. The number of nitrogens with zero attached hydrogens (tertiary/aromatic N) is 2. The van der Waals surface area contributed by atoms with Gasteiger partial charge in [0.05, 0.1) is 0 Å². The molecule has 0 aliphatic carbocycles. The highest BCUT2D eigenvalue weighted by Crippen LogP contribution is 2.24. The van der Waals surface area contributed by atoms with Crippen molar-refractivity contribution in [3.63, 3.8) is 0 Å². The van der Waals surface area contributed by atoms with Crippen LogP contribution in [-0.4, -0.2) is 37.1 Å². The average Bonchev–Trinajstić information content (AvgIpc) is 2.61. The quantitative estimate of drug-likeness (QED) is 0.862. The van der Waals surface area contributed by atoms with E-state index in [0.717, 1.165) is 11.6 Å². The summed E-state index contributed by atoms with van der Waals surface area (Å²) >= 11 is 6.06. The number of halogens is 3. The van der Waals surface area contributed by atoms with E-state index in [4.69, 9.17) is 11.6 Å².